The van der Waals surface area contributed by atoms with E-state index >= 15 is 0 Å². The van der Waals surface area contributed by atoms with E-state index in [0.717, 1.165) is 18.5 Å². The van der Waals surface area contributed by atoms with Crippen LogP contribution in [0.1, 0.15) is 54.1 Å². The molecular weight excluding hydrogens is 306 g/mol. The summed E-state index contributed by atoms with van der Waals surface area (Å²) < 4.78 is 0. The van der Waals surface area contributed by atoms with Gasteiger partial charge in [0.05, 0.1) is 0 Å². The topological polar surface area (TPSA) is 20.3 Å². The van der Waals surface area contributed by atoms with Gasteiger partial charge in [-0.15, -0.1) is 0 Å². The third kappa shape index (κ3) is 3.45. The molecule has 0 aromatic heterocycles. The summed E-state index contributed by atoms with van der Waals surface area (Å²) in [5.41, 5.74) is 4.86. The standard InChI is InChI=1S/C23H25NO/c1-17(25)19-9-5-10-20(13-19)21-14-22-11-6-12-23(15-21)24(22)16-18-7-3-2-4-8-18/h2-5,7-10,13-14,22-23H,6,11-12,15-16H2,1H3. The lowest BCUT2D eigenvalue weighted by Gasteiger charge is -2.45. The molecule has 0 N–H and O–H groups in total. The summed E-state index contributed by atoms with van der Waals surface area (Å²) >= 11 is 0. The number of nitrogens with zero attached hydrogens (tertiary/aromatic N) is 1. The predicted molar refractivity (Wildman–Crippen MR) is 102 cm³/mol. The molecule has 2 unspecified atom stereocenters. The first-order valence-electron chi connectivity index (χ1n) is 9.32. The minimum atomic E-state index is 0.143. The molecule has 4 rings (SSSR count). The van der Waals surface area contributed by atoms with Crippen molar-refractivity contribution < 1.29 is 4.79 Å². The molecule has 0 aliphatic carbocycles. The monoisotopic (exact) mass is 331 g/mol. The van der Waals surface area contributed by atoms with E-state index in [2.05, 4.69) is 53.4 Å². The number of fused-ring (bicyclic) bond motifs is 2. The molecule has 0 saturated carbocycles. The molecule has 0 radical (unpaired) electrons. The van der Waals surface area contributed by atoms with E-state index in [1.807, 2.05) is 12.1 Å². The molecule has 2 bridgehead atoms. The Kier molecular flexibility index (Phi) is 4.54. The van der Waals surface area contributed by atoms with Crippen LogP contribution in [0.3, 0.4) is 0 Å². The van der Waals surface area contributed by atoms with Crippen LogP contribution in [-0.2, 0) is 6.54 Å². The van der Waals surface area contributed by atoms with Gasteiger partial charge in [-0.2, -0.15) is 0 Å². The molecule has 0 spiro atoms. The first kappa shape index (κ1) is 16.3. The highest BCUT2D eigenvalue weighted by molar-refractivity contribution is 5.95. The van der Waals surface area contributed by atoms with Crippen LogP contribution in [0.2, 0.25) is 0 Å². The molecule has 2 atom stereocenters. The molecule has 0 amide bonds. The van der Waals surface area contributed by atoms with Crippen molar-refractivity contribution in [2.24, 2.45) is 0 Å². The Bertz CT molecular complexity index is 793. The fourth-order valence-corrected chi connectivity index (χ4v) is 4.31. The molecule has 2 aromatic rings. The van der Waals surface area contributed by atoms with E-state index in [1.165, 1.54) is 36.0 Å². The molecule has 1 saturated heterocycles. The van der Waals surface area contributed by atoms with Gasteiger partial charge in [0.15, 0.2) is 5.78 Å². The van der Waals surface area contributed by atoms with Crippen LogP contribution < -0.4 is 0 Å². The molecule has 1 fully saturated rings. The average molecular weight is 331 g/mol. The Morgan fingerprint density at radius 1 is 1.08 bits per heavy atom. The summed E-state index contributed by atoms with van der Waals surface area (Å²) in [7, 11) is 0. The second kappa shape index (κ2) is 6.97. The highest BCUT2D eigenvalue weighted by atomic mass is 16.1. The van der Waals surface area contributed by atoms with E-state index in [1.54, 1.807) is 6.92 Å². The normalized spacial score (nSPS) is 23.2. The summed E-state index contributed by atoms with van der Waals surface area (Å²) in [6.07, 6.45) is 7.37. The SMILES string of the molecule is CC(=O)c1cccc(C2=CC3CCCC(C2)N3Cc2ccccc2)c1. The highest BCUT2D eigenvalue weighted by Crippen LogP contribution is 2.38. The van der Waals surface area contributed by atoms with E-state index in [0.29, 0.717) is 12.1 Å². The number of hydrogen-bond acceptors (Lipinski definition) is 2. The number of rotatable bonds is 4. The molecule has 2 heteroatoms. The molecule has 2 heterocycles. The Labute approximate surface area is 150 Å². The van der Waals surface area contributed by atoms with Gasteiger partial charge in [-0.3, -0.25) is 9.69 Å². The zero-order valence-electron chi connectivity index (χ0n) is 14.8. The Morgan fingerprint density at radius 3 is 2.68 bits per heavy atom. The fourth-order valence-electron chi connectivity index (χ4n) is 4.31. The van der Waals surface area contributed by atoms with Crippen molar-refractivity contribution in [2.45, 2.75) is 51.2 Å². The van der Waals surface area contributed by atoms with Gasteiger partial charge < -0.3 is 0 Å². The molecule has 128 valence electrons. The fraction of sp³-hybridized carbons (Fsp3) is 0.348. The largest absolute Gasteiger partial charge is 0.295 e. The van der Waals surface area contributed by atoms with Gasteiger partial charge in [0.1, 0.15) is 0 Å². The summed E-state index contributed by atoms with van der Waals surface area (Å²) in [4.78, 5) is 14.4. The van der Waals surface area contributed by atoms with Gasteiger partial charge in [0, 0.05) is 24.2 Å². The Hall–Kier alpha value is -2.19. The van der Waals surface area contributed by atoms with Crippen molar-refractivity contribution >= 4 is 11.4 Å². The van der Waals surface area contributed by atoms with Crippen molar-refractivity contribution in [3.63, 3.8) is 0 Å². The molecule has 2 aliphatic heterocycles. The highest BCUT2D eigenvalue weighted by Gasteiger charge is 2.34. The van der Waals surface area contributed by atoms with Gasteiger partial charge in [-0.1, -0.05) is 61.0 Å². The summed E-state index contributed by atoms with van der Waals surface area (Å²) in [6, 6.07) is 20.1. The van der Waals surface area contributed by atoms with Crippen LogP contribution in [0.25, 0.3) is 5.57 Å². The van der Waals surface area contributed by atoms with Gasteiger partial charge in [-0.25, -0.2) is 0 Å². The zero-order valence-corrected chi connectivity index (χ0v) is 14.8. The minimum Gasteiger partial charge on any atom is -0.295 e. The van der Waals surface area contributed by atoms with Crippen molar-refractivity contribution in [3.8, 4) is 0 Å². The van der Waals surface area contributed by atoms with Gasteiger partial charge in [0.25, 0.3) is 0 Å². The number of Topliss-reactive ketones (excluding diaryl/α,β-unsaturated/α-hetero) is 1. The van der Waals surface area contributed by atoms with E-state index < -0.39 is 0 Å². The van der Waals surface area contributed by atoms with E-state index in [-0.39, 0.29) is 5.78 Å². The lowest BCUT2D eigenvalue weighted by atomic mass is 9.82. The number of carbonyl (C=O) groups is 1. The maximum absolute atomic E-state index is 11.7. The smallest absolute Gasteiger partial charge is 0.159 e. The first-order chi connectivity index (χ1) is 12.2. The molecule has 2 aliphatic rings. The predicted octanol–water partition coefficient (Wildman–Crippen LogP) is 5.10. The van der Waals surface area contributed by atoms with E-state index in [9.17, 15) is 4.79 Å². The van der Waals surface area contributed by atoms with Crippen molar-refractivity contribution in [2.75, 3.05) is 0 Å². The van der Waals surface area contributed by atoms with Crippen LogP contribution in [-0.4, -0.2) is 22.8 Å². The number of carbonyl (C=O) groups excluding carboxylic acids is 1. The molecule has 2 nitrogen and oxygen atoms in total. The average Bonchev–Trinajstić information content (AvgIpc) is 2.62. The number of piperidine rings is 1. The lowest BCUT2D eigenvalue weighted by Crippen LogP contribution is -2.47. The second-order valence-corrected chi connectivity index (χ2v) is 7.34. The first-order valence-corrected chi connectivity index (χ1v) is 9.32. The maximum atomic E-state index is 11.7. The lowest BCUT2D eigenvalue weighted by molar-refractivity contribution is 0.0951. The number of ketones is 1. The van der Waals surface area contributed by atoms with Crippen LogP contribution in [0.15, 0.2) is 60.7 Å². The van der Waals surface area contributed by atoms with Crippen molar-refractivity contribution in [3.05, 3.63) is 77.4 Å². The summed E-state index contributed by atoms with van der Waals surface area (Å²) in [5.74, 6) is 0.143. The Balaban J connectivity index is 1.61. The quantitative estimate of drug-likeness (QED) is 0.727. The number of benzene rings is 2. The van der Waals surface area contributed by atoms with Gasteiger partial charge in [0.2, 0.25) is 0 Å². The van der Waals surface area contributed by atoms with Gasteiger partial charge in [-0.05, 0) is 49.0 Å². The summed E-state index contributed by atoms with van der Waals surface area (Å²) in [6.45, 7) is 2.68. The molecule has 25 heavy (non-hydrogen) atoms. The van der Waals surface area contributed by atoms with Crippen LogP contribution in [0, 0.1) is 0 Å². The molecular formula is C23H25NO. The van der Waals surface area contributed by atoms with Crippen LogP contribution >= 0.6 is 0 Å². The molecule has 2 aromatic carbocycles. The van der Waals surface area contributed by atoms with Crippen molar-refractivity contribution in [1.29, 1.82) is 0 Å². The third-order valence-electron chi connectivity index (χ3n) is 5.63. The Morgan fingerprint density at radius 2 is 1.92 bits per heavy atom. The number of hydrogen-bond donors (Lipinski definition) is 0. The zero-order chi connectivity index (χ0) is 17.2. The third-order valence-corrected chi connectivity index (χ3v) is 5.63. The van der Waals surface area contributed by atoms with Crippen molar-refractivity contribution in [1.82, 2.24) is 4.90 Å². The van der Waals surface area contributed by atoms with Crippen LogP contribution in [0.5, 0.6) is 0 Å². The maximum Gasteiger partial charge on any atom is 0.159 e. The van der Waals surface area contributed by atoms with Crippen LogP contribution in [0.4, 0.5) is 0 Å². The summed E-state index contributed by atoms with van der Waals surface area (Å²) in [5, 5.41) is 0. The second-order valence-electron chi connectivity index (χ2n) is 7.34. The minimum absolute atomic E-state index is 0.143. The van der Waals surface area contributed by atoms with Gasteiger partial charge >= 0.3 is 0 Å². The van der Waals surface area contributed by atoms with E-state index in [4.69, 9.17) is 0 Å².